The Morgan fingerprint density at radius 3 is 2.22 bits per heavy atom. The molecule has 0 saturated heterocycles. The molecule has 0 atom stereocenters. The number of para-hydroxylation sites is 1. The second kappa shape index (κ2) is 6.42. The van der Waals surface area contributed by atoms with Crippen LogP contribution in [0, 0.1) is 3.57 Å². The highest BCUT2D eigenvalue weighted by molar-refractivity contribution is 14.1. The van der Waals surface area contributed by atoms with Crippen LogP contribution in [0.15, 0.2) is 88.7 Å². The highest BCUT2D eigenvalue weighted by atomic mass is 127. The minimum Gasteiger partial charge on any atom is -0.354 e. The van der Waals surface area contributed by atoms with E-state index in [1.54, 1.807) is 0 Å². The molecule has 112 valence electrons. The van der Waals surface area contributed by atoms with Crippen LogP contribution >= 0.6 is 34.4 Å². The maximum atomic E-state index is 3.59. The molecule has 1 heterocycles. The van der Waals surface area contributed by atoms with Gasteiger partial charge in [-0.3, -0.25) is 0 Å². The molecule has 0 aliphatic heterocycles. The molecule has 1 N–H and O–H groups in total. The lowest BCUT2D eigenvalue weighted by Gasteiger charge is -2.05. The molecule has 0 spiro atoms. The van der Waals surface area contributed by atoms with Crippen molar-refractivity contribution in [2.24, 2.45) is 0 Å². The van der Waals surface area contributed by atoms with E-state index >= 15 is 0 Å². The van der Waals surface area contributed by atoms with Crippen LogP contribution in [-0.4, -0.2) is 4.98 Å². The zero-order valence-electron chi connectivity index (χ0n) is 12.3. The first-order valence-electron chi connectivity index (χ1n) is 7.41. The fourth-order valence-corrected chi connectivity index (χ4v) is 4.08. The molecule has 23 heavy (non-hydrogen) atoms. The average molecular weight is 427 g/mol. The van der Waals surface area contributed by atoms with Crippen molar-refractivity contribution in [3.8, 4) is 11.3 Å². The van der Waals surface area contributed by atoms with Crippen molar-refractivity contribution in [1.82, 2.24) is 4.98 Å². The lowest BCUT2D eigenvalue weighted by Crippen LogP contribution is -1.80. The van der Waals surface area contributed by atoms with Gasteiger partial charge in [0.25, 0.3) is 0 Å². The van der Waals surface area contributed by atoms with Crippen molar-refractivity contribution < 1.29 is 0 Å². The molecular formula is C20H14INS. The monoisotopic (exact) mass is 427 g/mol. The first kappa shape index (κ1) is 14.8. The third-order valence-corrected chi connectivity index (χ3v) is 5.61. The summed E-state index contributed by atoms with van der Waals surface area (Å²) >= 11 is 4.16. The molecule has 4 aromatic rings. The molecule has 0 aliphatic carbocycles. The standard InChI is InChI=1S/C20H14INS/c21-15-10-12-16(13-11-15)23-20-17-8-4-5-9-18(17)22-19(20)14-6-2-1-3-7-14/h1-13,22H. The van der Waals surface area contributed by atoms with Gasteiger partial charge in [-0.2, -0.15) is 0 Å². The van der Waals surface area contributed by atoms with Gasteiger partial charge in [-0.15, -0.1) is 0 Å². The van der Waals surface area contributed by atoms with E-state index in [0.29, 0.717) is 0 Å². The van der Waals surface area contributed by atoms with E-state index in [4.69, 9.17) is 0 Å². The van der Waals surface area contributed by atoms with Crippen LogP contribution < -0.4 is 0 Å². The molecule has 0 amide bonds. The van der Waals surface area contributed by atoms with Crippen molar-refractivity contribution in [1.29, 1.82) is 0 Å². The first-order chi connectivity index (χ1) is 11.3. The van der Waals surface area contributed by atoms with Crippen LogP contribution in [0.1, 0.15) is 0 Å². The van der Waals surface area contributed by atoms with Gasteiger partial charge < -0.3 is 4.98 Å². The van der Waals surface area contributed by atoms with E-state index in [0.717, 1.165) is 0 Å². The molecule has 0 fully saturated rings. The highest BCUT2D eigenvalue weighted by Gasteiger charge is 2.14. The number of aromatic nitrogens is 1. The number of hydrogen-bond donors (Lipinski definition) is 1. The predicted octanol–water partition coefficient (Wildman–Crippen LogP) is 6.59. The van der Waals surface area contributed by atoms with Gasteiger partial charge >= 0.3 is 0 Å². The normalized spacial score (nSPS) is 11.0. The molecule has 0 bridgehead atoms. The topological polar surface area (TPSA) is 15.8 Å². The first-order valence-corrected chi connectivity index (χ1v) is 9.30. The van der Waals surface area contributed by atoms with Gasteiger partial charge in [0, 0.05) is 24.3 Å². The summed E-state index contributed by atoms with van der Waals surface area (Å²) in [5.41, 5.74) is 3.59. The van der Waals surface area contributed by atoms with Gasteiger partial charge in [-0.25, -0.2) is 0 Å². The Balaban J connectivity index is 1.87. The van der Waals surface area contributed by atoms with Crippen LogP contribution in [0.4, 0.5) is 0 Å². The summed E-state index contributed by atoms with van der Waals surface area (Å²) in [6, 6.07) is 27.7. The van der Waals surface area contributed by atoms with Gasteiger partial charge in [0.2, 0.25) is 0 Å². The number of halogens is 1. The van der Waals surface area contributed by atoms with Gasteiger partial charge in [-0.1, -0.05) is 60.3 Å². The molecule has 0 aliphatic rings. The van der Waals surface area contributed by atoms with Crippen molar-refractivity contribution in [3.05, 3.63) is 82.4 Å². The number of nitrogens with one attached hydrogen (secondary N) is 1. The second-order valence-corrected chi connectivity index (χ2v) is 7.63. The lowest BCUT2D eigenvalue weighted by atomic mass is 10.1. The average Bonchev–Trinajstić information content (AvgIpc) is 2.96. The van der Waals surface area contributed by atoms with Crippen LogP contribution in [0.5, 0.6) is 0 Å². The molecule has 0 radical (unpaired) electrons. The lowest BCUT2D eigenvalue weighted by molar-refractivity contribution is 1.38. The van der Waals surface area contributed by atoms with Crippen LogP contribution in [0.25, 0.3) is 22.2 Å². The van der Waals surface area contributed by atoms with Crippen molar-refractivity contribution in [3.63, 3.8) is 0 Å². The van der Waals surface area contributed by atoms with E-state index < -0.39 is 0 Å². The molecular weight excluding hydrogens is 413 g/mol. The van der Waals surface area contributed by atoms with E-state index in [1.165, 1.54) is 35.5 Å². The summed E-state index contributed by atoms with van der Waals surface area (Å²) in [5.74, 6) is 0. The molecule has 0 unspecified atom stereocenters. The zero-order valence-corrected chi connectivity index (χ0v) is 15.3. The quantitative estimate of drug-likeness (QED) is 0.365. The summed E-state index contributed by atoms with van der Waals surface area (Å²) in [7, 11) is 0. The second-order valence-electron chi connectivity index (χ2n) is 5.30. The third kappa shape index (κ3) is 3.03. The summed E-state index contributed by atoms with van der Waals surface area (Å²) in [6.45, 7) is 0. The zero-order chi connectivity index (χ0) is 15.6. The number of rotatable bonds is 3. The Labute approximate surface area is 153 Å². The molecule has 0 saturated carbocycles. The molecule has 3 heteroatoms. The Morgan fingerprint density at radius 1 is 0.739 bits per heavy atom. The van der Waals surface area contributed by atoms with Crippen LogP contribution in [0.3, 0.4) is 0 Å². The van der Waals surface area contributed by atoms with E-state index in [1.807, 2.05) is 11.8 Å². The van der Waals surface area contributed by atoms with Gasteiger partial charge in [-0.05, 0) is 58.5 Å². The van der Waals surface area contributed by atoms with Crippen molar-refractivity contribution in [2.45, 2.75) is 9.79 Å². The molecule has 4 rings (SSSR count). The number of fused-ring (bicyclic) bond motifs is 1. The molecule has 1 aromatic heterocycles. The van der Waals surface area contributed by atoms with Gasteiger partial charge in [0.1, 0.15) is 0 Å². The molecule has 1 nitrogen and oxygen atoms in total. The Bertz CT molecular complexity index is 942. The van der Waals surface area contributed by atoms with Gasteiger partial charge in [0.05, 0.1) is 5.69 Å². The Kier molecular flexibility index (Phi) is 4.14. The minimum atomic E-state index is 1.18. The minimum absolute atomic E-state index is 1.18. The highest BCUT2D eigenvalue weighted by Crippen LogP contribution is 2.41. The predicted molar refractivity (Wildman–Crippen MR) is 107 cm³/mol. The number of hydrogen-bond acceptors (Lipinski definition) is 1. The maximum Gasteiger partial charge on any atom is 0.0606 e. The van der Waals surface area contributed by atoms with Crippen molar-refractivity contribution >= 4 is 45.3 Å². The van der Waals surface area contributed by atoms with Crippen LogP contribution in [-0.2, 0) is 0 Å². The summed E-state index contributed by atoms with van der Waals surface area (Å²) < 4.78 is 1.26. The number of benzene rings is 3. The Morgan fingerprint density at radius 2 is 1.43 bits per heavy atom. The smallest absolute Gasteiger partial charge is 0.0606 e. The van der Waals surface area contributed by atoms with E-state index in [2.05, 4.69) is 106 Å². The van der Waals surface area contributed by atoms with Crippen molar-refractivity contribution in [2.75, 3.05) is 0 Å². The maximum absolute atomic E-state index is 3.59. The fraction of sp³-hybridized carbons (Fsp3) is 0. The molecule has 3 aromatic carbocycles. The Hall–Kier alpha value is -1.72. The van der Waals surface area contributed by atoms with E-state index in [9.17, 15) is 0 Å². The number of H-pyrrole nitrogens is 1. The fourth-order valence-electron chi connectivity index (χ4n) is 2.65. The number of aromatic amines is 1. The van der Waals surface area contributed by atoms with E-state index in [-0.39, 0.29) is 0 Å². The summed E-state index contributed by atoms with van der Waals surface area (Å²) in [5, 5.41) is 1.27. The largest absolute Gasteiger partial charge is 0.354 e. The summed E-state index contributed by atoms with van der Waals surface area (Å²) in [4.78, 5) is 6.13. The summed E-state index contributed by atoms with van der Waals surface area (Å²) in [6.07, 6.45) is 0. The SMILES string of the molecule is Ic1ccc(Sc2c(-c3ccccc3)[nH]c3ccccc23)cc1. The van der Waals surface area contributed by atoms with Crippen LogP contribution in [0.2, 0.25) is 0 Å². The third-order valence-electron chi connectivity index (χ3n) is 3.75. The van der Waals surface area contributed by atoms with Gasteiger partial charge in [0.15, 0.2) is 0 Å².